The van der Waals surface area contributed by atoms with Crippen molar-refractivity contribution in [3.05, 3.63) is 57.5 Å². The SMILES string of the molecule is COC(=O)c1ccc(-c2ccn3c(/C=C4\CC4(F)F)nnc3c2Cl)c(Cl)c1. The Bertz CT molecular complexity index is 1130. The van der Waals surface area contributed by atoms with Gasteiger partial charge in [-0.15, -0.1) is 10.2 Å². The third-order valence-corrected chi connectivity index (χ3v) is 4.97. The van der Waals surface area contributed by atoms with Gasteiger partial charge < -0.3 is 4.74 Å². The Hall–Kier alpha value is -2.51. The van der Waals surface area contributed by atoms with Crippen LogP contribution < -0.4 is 0 Å². The summed E-state index contributed by atoms with van der Waals surface area (Å²) in [5, 5.41) is 8.51. The number of carbonyl (C=O) groups is 1. The molecule has 9 heteroatoms. The van der Waals surface area contributed by atoms with Gasteiger partial charge in [0.25, 0.3) is 5.92 Å². The number of hydrogen-bond donors (Lipinski definition) is 0. The molecule has 0 atom stereocenters. The lowest BCUT2D eigenvalue weighted by molar-refractivity contribution is 0.0600. The molecule has 0 saturated heterocycles. The van der Waals surface area contributed by atoms with E-state index >= 15 is 0 Å². The zero-order chi connectivity index (χ0) is 19.3. The fraction of sp³-hybridized carbons (Fsp3) is 0.167. The molecular formula is C18H11Cl2F2N3O2. The number of esters is 1. The van der Waals surface area contributed by atoms with Crippen LogP contribution in [0.3, 0.4) is 0 Å². The van der Waals surface area contributed by atoms with Gasteiger partial charge in [-0.1, -0.05) is 29.3 Å². The third kappa shape index (κ3) is 3.07. The number of fused-ring (bicyclic) bond motifs is 1. The van der Waals surface area contributed by atoms with Crippen LogP contribution in [-0.2, 0) is 4.74 Å². The van der Waals surface area contributed by atoms with Crippen molar-refractivity contribution >= 4 is 40.9 Å². The number of aromatic nitrogens is 3. The van der Waals surface area contributed by atoms with Crippen LogP contribution in [0.15, 0.2) is 36.0 Å². The Morgan fingerprint density at radius 2 is 2.00 bits per heavy atom. The highest BCUT2D eigenvalue weighted by Crippen LogP contribution is 2.48. The molecule has 5 nitrogen and oxygen atoms in total. The maximum Gasteiger partial charge on any atom is 0.337 e. The Kier molecular flexibility index (Phi) is 4.16. The summed E-state index contributed by atoms with van der Waals surface area (Å²) in [5.74, 6) is -2.99. The molecule has 2 heterocycles. The minimum absolute atomic E-state index is 0.0124. The van der Waals surface area contributed by atoms with E-state index in [0.29, 0.717) is 27.4 Å². The minimum Gasteiger partial charge on any atom is -0.465 e. The number of nitrogens with zero attached hydrogens (tertiary/aromatic N) is 3. The fourth-order valence-electron chi connectivity index (χ4n) is 2.73. The van der Waals surface area contributed by atoms with Crippen LogP contribution in [0.5, 0.6) is 0 Å². The number of hydrogen-bond acceptors (Lipinski definition) is 4. The topological polar surface area (TPSA) is 56.5 Å². The van der Waals surface area contributed by atoms with Gasteiger partial charge in [-0.3, -0.25) is 4.40 Å². The first-order chi connectivity index (χ1) is 12.8. The van der Waals surface area contributed by atoms with Gasteiger partial charge in [-0.25, -0.2) is 13.6 Å². The Labute approximate surface area is 162 Å². The van der Waals surface area contributed by atoms with Gasteiger partial charge in [0.2, 0.25) is 0 Å². The number of halogens is 4. The molecule has 3 aromatic rings. The van der Waals surface area contributed by atoms with Crippen molar-refractivity contribution in [2.45, 2.75) is 12.3 Å². The summed E-state index contributed by atoms with van der Waals surface area (Å²) < 4.78 is 32.4. The molecule has 1 fully saturated rings. The minimum atomic E-state index is -2.76. The maximum atomic E-state index is 13.1. The van der Waals surface area contributed by atoms with E-state index in [9.17, 15) is 13.6 Å². The first kappa shape index (κ1) is 17.9. The summed E-state index contributed by atoms with van der Waals surface area (Å²) >= 11 is 12.8. The summed E-state index contributed by atoms with van der Waals surface area (Å²) in [6, 6.07) is 6.39. The predicted octanol–water partition coefficient (Wildman–Crippen LogP) is 4.91. The molecule has 0 amide bonds. The van der Waals surface area contributed by atoms with E-state index in [1.807, 2.05) is 0 Å². The normalized spacial score (nSPS) is 16.7. The zero-order valence-corrected chi connectivity index (χ0v) is 15.4. The van der Waals surface area contributed by atoms with Gasteiger partial charge in [0, 0.05) is 34.3 Å². The van der Waals surface area contributed by atoms with Crippen LogP contribution >= 0.6 is 23.2 Å². The van der Waals surface area contributed by atoms with E-state index in [-0.39, 0.29) is 22.8 Å². The van der Waals surface area contributed by atoms with Gasteiger partial charge in [0.1, 0.15) is 0 Å². The molecule has 1 saturated carbocycles. The molecule has 0 aliphatic heterocycles. The monoisotopic (exact) mass is 409 g/mol. The van der Waals surface area contributed by atoms with Crippen molar-refractivity contribution in [3.63, 3.8) is 0 Å². The van der Waals surface area contributed by atoms with E-state index in [4.69, 9.17) is 23.2 Å². The lowest BCUT2D eigenvalue weighted by Gasteiger charge is -2.09. The standard InChI is InChI=1S/C18H11Cl2F2N3O2/c1-27-17(26)9-2-3-11(13(19)6-9)12-4-5-25-14(7-10-8-18(10,21)22)23-24-16(25)15(12)20/h2-7H,8H2,1H3/b10-7+. The average Bonchev–Trinajstić information content (AvgIpc) is 3.04. The third-order valence-electron chi connectivity index (χ3n) is 4.29. The second-order valence-electron chi connectivity index (χ2n) is 6.03. The van der Waals surface area contributed by atoms with Crippen molar-refractivity contribution in [2.75, 3.05) is 7.11 Å². The highest BCUT2D eigenvalue weighted by molar-refractivity contribution is 6.38. The Balaban J connectivity index is 1.77. The molecule has 1 aromatic carbocycles. The Morgan fingerprint density at radius 3 is 2.63 bits per heavy atom. The summed E-state index contributed by atoms with van der Waals surface area (Å²) in [6.07, 6.45) is 2.68. The number of rotatable bonds is 3. The molecule has 27 heavy (non-hydrogen) atoms. The lowest BCUT2D eigenvalue weighted by Crippen LogP contribution is -2.01. The van der Waals surface area contributed by atoms with Gasteiger partial charge in [0.05, 0.1) is 17.7 Å². The number of alkyl halides is 2. The van der Waals surface area contributed by atoms with Crippen LogP contribution in [0.1, 0.15) is 22.6 Å². The summed E-state index contributed by atoms with van der Waals surface area (Å²) in [4.78, 5) is 11.6. The highest BCUT2D eigenvalue weighted by Gasteiger charge is 2.51. The van der Waals surface area contributed by atoms with Gasteiger partial charge >= 0.3 is 5.97 Å². The maximum absolute atomic E-state index is 13.1. The number of carbonyl (C=O) groups excluding carboxylic acids is 1. The average molecular weight is 410 g/mol. The molecular weight excluding hydrogens is 399 g/mol. The van der Waals surface area contributed by atoms with E-state index in [0.717, 1.165) is 0 Å². The number of ether oxygens (including phenoxy) is 1. The molecule has 0 unspecified atom stereocenters. The van der Waals surface area contributed by atoms with E-state index in [1.165, 1.54) is 23.7 Å². The number of pyridine rings is 1. The summed E-state index contributed by atoms with van der Waals surface area (Å²) in [5.41, 5.74) is 1.81. The quantitative estimate of drug-likeness (QED) is 0.576. The summed E-state index contributed by atoms with van der Waals surface area (Å²) in [6.45, 7) is 0. The lowest BCUT2D eigenvalue weighted by atomic mass is 10.0. The number of allylic oxidation sites excluding steroid dienone is 1. The van der Waals surface area contributed by atoms with Crippen LogP contribution in [0.2, 0.25) is 10.0 Å². The van der Waals surface area contributed by atoms with Gasteiger partial charge in [-0.05, 0) is 24.3 Å². The molecule has 0 spiro atoms. The van der Waals surface area contributed by atoms with Crippen molar-refractivity contribution in [2.24, 2.45) is 0 Å². The molecule has 0 bridgehead atoms. The van der Waals surface area contributed by atoms with Crippen molar-refractivity contribution in [1.82, 2.24) is 14.6 Å². The van der Waals surface area contributed by atoms with Gasteiger partial charge in [0.15, 0.2) is 11.5 Å². The first-order valence-corrected chi connectivity index (χ1v) is 8.58. The summed E-state index contributed by atoms with van der Waals surface area (Å²) in [7, 11) is 1.28. The van der Waals surface area contributed by atoms with Gasteiger partial charge in [-0.2, -0.15) is 0 Å². The van der Waals surface area contributed by atoms with Crippen LogP contribution in [0, 0.1) is 0 Å². The van der Waals surface area contributed by atoms with E-state index in [2.05, 4.69) is 14.9 Å². The second kappa shape index (κ2) is 6.28. The van der Waals surface area contributed by atoms with E-state index in [1.54, 1.807) is 24.4 Å². The molecule has 138 valence electrons. The molecule has 1 aliphatic carbocycles. The Morgan fingerprint density at radius 1 is 1.26 bits per heavy atom. The van der Waals surface area contributed by atoms with Crippen molar-refractivity contribution < 1.29 is 18.3 Å². The largest absolute Gasteiger partial charge is 0.465 e. The molecule has 0 radical (unpaired) electrons. The smallest absolute Gasteiger partial charge is 0.337 e. The van der Waals surface area contributed by atoms with E-state index < -0.39 is 11.9 Å². The fourth-order valence-corrected chi connectivity index (χ4v) is 3.31. The zero-order valence-electron chi connectivity index (χ0n) is 13.8. The first-order valence-electron chi connectivity index (χ1n) is 7.82. The number of benzene rings is 1. The van der Waals surface area contributed by atoms with Crippen LogP contribution in [0.25, 0.3) is 22.9 Å². The second-order valence-corrected chi connectivity index (χ2v) is 6.82. The van der Waals surface area contributed by atoms with Crippen molar-refractivity contribution in [3.8, 4) is 11.1 Å². The van der Waals surface area contributed by atoms with Crippen molar-refractivity contribution in [1.29, 1.82) is 0 Å². The number of methoxy groups -OCH3 is 1. The molecule has 2 aromatic heterocycles. The van der Waals surface area contributed by atoms with Crippen LogP contribution in [-0.4, -0.2) is 33.6 Å². The molecule has 4 rings (SSSR count). The highest BCUT2D eigenvalue weighted by atomic mass is 35.5. The molecule has 0 N–H and O–H groups in total. The van der Waals surface area contributed by atoms with Crippen LogP contribution in [0.4, 0.5) is 8.78 Å². The predicted molar refractivity (Wildman–Crippen MR) is 97.3 cm³/mol. The molecule has 1 aliphatic rings.